The van der Waals surface area contributed by atoms with Gasteiger partial charge in [0.25, 0.3) is 0 Å². The SMILES string of the molecule is Nc1ncnc2c1c(-c1ccc(Cl)cc1)cn2CC1=CN=C(c2ccccc2)C1. The van der Waals surface area contributed by atoms with E-state index in [1.165, 1.54) is 11.9 Å². The van der Waals surface area contributed by atoms with E-state index in [1.807, 2.05) is 48.7 Å². The van der Waals surface area contributed by atoms with Gasteiger partial charge in [0.15, 0.2) is 0 Å². The summed E-state index contributed by atoms with van der Waals surface area (Å²) >= 11 is 6.06. The van der Waals surface area contributed by atoms with Crippen LogP contribution >= 0.6 is 11.6 Å². The second-order valence-electron chi connectivity index (χ2n) is 7.04. The van der Waals surface area contributed by atoms with Gasteiger partial charge in [-0.15, -0.1) is 0 Å². The van der Waals surface area contributed by atoms with Crippen molar-refractivity contribution in [3.05, 3.63) is 89.5 Å². The van der Waals surface area contributed by atoms with E-state index < -0.39 is 0 Å². The lowest BCUT2D eigenvalue weighted by Crippen LogP contribution is -2.04. The predicted octanol–water partition coefficient (Wildman–Crippen LogP) is 5.11. The van der Waals surface area contributed by atoms with E-state index in [0.29, 0.717) is 17.4 Å². The molecule has 0 unspecified atom stereocenters. The number of nitrogens with zero attached hydrogens (tertiary/aromatic N) is 4. The van der Waals surface area contributed by atoms with Gasteiger partial charge in [-0.2, -0.15) is 0 Å². The molecule has 0 saturated carbocycles. The molecule has 2 aromatic carbocycles. The highest BCUT2D eigenvalue weighted by Gasteiger charge is 2.18. The smallest absolute Gasteiger partial charge is 0.146 e. The summed E-state index contributed by atoms with van der Waals surface area (Å²) in [5, 5.41) is 1.56. The maximum Gasteiger partial charge on any atom is 0.146 e. The zero-order chi connectivity index (χ0) is 19.8. The Balaban J connectivity index is 1.49. The number of halogens is 1. The number of nitrogen functional groups attached to an aromatic ring is 1. The second kappa shape index (κ2) is 7.18. The second-order valence-corrected chi connectivity index (χ2v) is 7.48. The van der Waals surface area contributed by atoms with Crippen LogP contribution in [0.5, 0.6) is 0 Å². The van der Waals surface area contributed by atoms with Crippen molar-refractivity contribution >= 4 is 34.2 Å². The zero-order valence-corrected chi connectivity index (χ0v) is 16.3. The molecule has 0 bridgehead atoms. The molecule has 1 aliphatic rings. The molecule has 29 heavy (non-hydrogen) atoms. The Kier molecular flexibility index (Phi) is 4.37. The van der Waals surface area contributed by atoms with E-state index in [4.69, 9.17) is 17.3 Å². The van der Waals surface area contributed by atoms with Gasteiger partial charge in [0.05, 0.1) is 11.1 Å². The average Bonchev–Trinajstić information content (AvgIpc) is 3.36. The lowest BCUT2D eigenvalue weighted by Gasteiger charge is -2.06. The first-order chi connectivity index (χ1) is 14.2. The number of benzene rings is 2. The minimum Gasteiger partial charge on any atom is -0.383 e. The summed E-state index contributed by atoms with van der Waals surface area (Å²) in [6.45, 7) is 0.695. The molecule has 4 aromatic rings. The van der Waals surface area contributed by atoms with E-state index >= 15 is 0 Å². The first-order valence-electron chi connectivity index (χ1n) is 9.34. The molecule has 2 N–H and O–H groups in total. The molecule has 0 saturated heterocycles. The van der Waals surface area contributed by atoms with Crippen LogP contribution in [0.4, 0.5) is 5.82 Å². The molecule has 0 atom stereocenters. The number of allylic oxidation sites excluding steroid dienone is 1. The van der Waals surface area contributed by atoms with Gasteiger partial charge in [0, 0.05) is 35.9 Å². The molecule has 1 aliphatic heterocycles. The molecule has 5 nitrogen and oxygen atoms in total. The number of rotatable bonds is 4. The number of hydrogen-bond donors (Lipinski definition) is 1. The van der Waals surface area contributed by atoms with Crippen molar-refractivity contribution in [3.8, 4) is 11.1 Å². The highest BCUT2D eigenvalue weighted by Crippen LogP contribution is 2.34. The third kappa shape index (κ3) is 3.30. The van der Waals surface area contributed by atoms with Gasteiger partial charge in [0.1, 0.15) is 17.8 Å². The molecule has 2 aromatic heterocycles. The van der Waals surface area contributed by atoms with Crippen molar-refractivity contribution in [1.29, 1.82) is 0 Å². The highest BCUT2D eigenvalue weighted by molar-refractivity contribution is 6.30. The first kappa shape index (κ1) is 17.6. The Hall–Kier alpha value is -3.44. The number of fused-ring (bicyclic) bond motifs is 1. The van der Waals surface area contributed by atoms with Crippen LogP contribution in [0.1, 0.15) is 12.0 Å². The number of anilines is 1. The van der Waals surface area contributed by atoms with Crippen LogP contribution in [-0.2, 0) is 6.54 Å². The number of hydrogen-bond acceptors (Lipinski definition) is 4. The molecule has 0 aliphatic carbocycles. The number of nitrogens with two attached hydrogens (primary N) is 1. The fourth-order valence-electron chi connectivity index (χ4n) is 3.71. The van der Waals surface area contributed by atoms with Gasteiger partial charge >= 0.3 is 0 Å². The molecular weight excluding hydrogens is 382 g/mol. The fraction of sp³-hybridized carbons (Fsp3) is 0.0870. The van der Waals surface area contributed by atoms with Crippen molar-refractivity contribution in [3.63, 3.8) is 0 Å². The topological polar surface area (TPSA) is 69.1 Å². The van der Waals surface area contributed by atoms with E-state index in [2.05, 4.69) is 37.9 Å². The van der Waals surface area contributed by atoms with Crippen LogP contribution in [0.3, 0.4) is 0 Å². The summed E-state index contributed by atoms with van der Waals surface area (Å²) in [5.41, 5.74) is 12.5. The summed E-state index contributed by atoms with van der Waals surface area (Å²) in [5.74, 6) is 0.473. The summed E-state index contributed by atoms with van der Waals surface area (Å²) < 4.78 is 2.12. The minimum atomic E-state index is 0.473. The van der Waals surface area contributed by atoms with Gasteiger partial charge in [-0.25, -0.2) is 9.97 Å². The predicted molar refractivity (Wildman–Crippen MR) is 118 cm³/mol. The maximum absolute atomic E-state index is 6.22. The molecule has 142 valence electrons. The minimum absolute atomic E-state index is 0.473. The Labute approximate surface area is 173 Å². The monoisotopic (exact) mass is 399 g/mol. The standard InChI is InChI=1S/C23H18ClN5/c24-18-8-6-16(7-9-18)19-13-29(23-21(19)22(25)27-14-28-23)12-15-10-20(26-11-15)17-4-2-1-3-5-17/h1-9,11,13-14H,10,12H2,(H2,25,27,28). The van der Waals surface area contributed by atoms with Crippen LogP contribution in [0.25, 0.3) is 22.2 Å². The average molecular weight is 400 g/mol. The van der Waals surface area contributed by atoms with E-state index in [9.17, 15) is 0 Å². The summed E-state index contributed by atoms with van der Waals surface area (Å²) in [6.07, 6.45) is 6.37. The molecule has 0 fully saturated rings. The van der Waals surface area contributed by atoms with Gasteiger partial charge in [-0.05, 0) is 28.8 Å². The molecule has 0 amide bonds. The summed E-state index contributed by atoms with van der Waals surface area (Å²) in [6, 6.07) is 18.0. The molecule has 3 heterocycles. The Morgan fingerprint density at radius 2 is 1.76 bits per heavy atom. The van der Waals surface area contributed by atoms with Crippen molar-refractivity contribution in [2.45, 2.75) is 13.0 Å². The van der Waals surface area contributed by atoms with Crippen LogP contribution in [0.2, 0.25) is 5.02 Å². The van der Waals surface area contributed by atoms with E-state index in [0.717, 1.165) is 39.9 Å². The quantitative estimate of drug-likeness (QED) is 0.518. The van der Waals surface area contributed by atoms with Crippen molar-refractivity contribution in [2.75, 3.05) is 5.73 Å². The molecular formula is C23H18ClN5. The Morgan fingerprint density at radius 1 is 0.966 bits per heavy atom. The first-order valence-corrected chi connectivity index (χ1v) is 9.72. The van der Waals surface area contributed by atoms with E-state index in [1.54, 1.807) is 0 Å². The van der Waals surface area contributed by atoms with Crippen LogP contribution < -0.4 is 5.73 Å². The van der Waals surface area contributed by atoms with Gasteiger partial charge in [-0.3, -0.25) is 4.99 Å². The molecule has 0 spiro atoms. The number of aliphatic imine (C=N–C) groups is 1. The van der Waals surface area contributed by atoms with Crippen LogP contribution in [0, 0.1) is 0 Å². The van der Waals surface area contributed by atoms with Crippen LogP contribution in [0.15, 0.2) is 83.9 Å². The highest BCUT2D eigenvalue weighted by atomic mass is 35.5. The third-order valence-electron chi connectivity index (χ3n) is 5.12. The van der Waals surface area contributed by atoms with E-state index in [-0.39, 0.29) is 0 Å². The normalized spacial score (nSPS) is 13.6. The Morgan fingerprint density at radius 3 is 2.55 bits per heavy atom. The van der Waals surface area contributed by atoms with Crippen molar-refractivity contribution < 1.29 is 0 Å². The van der Waals surface area contributed by atoms with Crippen molar-refractivity contribution in [2.24, 2.45) is 4.99 Å². The molecule has 5 rings (SSSR count). The third-order valence-corrected chi connectivity index (χ3v) is 5.37. The molecule has 6 heteroatoms. The molecule has 0 radical (unpaired) electrons. The van der Waals surface area contributed by atoms with Crippen LogP contribution in [-0.4, -0.2) is 20.2 Å². The lowest BCUT2D eigenvalue weighted by atomic mass is 10.0. The van der Waals surface area contributed by atoms with Crippen molar-refractivity contribution in [1.82, 2.24) is 14.5 Å². The number of aromatic nitrogens is 3. The maximum atomic E-state index is 6.22. The van der Waals surface area contributed by atoms with Gasteiger partial charge < -0.3 is 10.3 Å². The summed E-state index contributed by atoms with van der Waals surface area (Å²) in [4.78, 5) is 13.3. The fourth-order valence-corrected chi connectivity index (χ4v) is 3.84. The van der Waals surface area contributed by atoms with Gasteiger partial charge in [-0.1, -0.05) is 54.1 Å². The van der Waals surface area contributed by atoms with Gasteiger partial charge in [0.2, 0.25) is 0 Å². The summed E-state index contributed by atoms with van der Waals surface area (Å²) in [7, 11) is 0. The zero-order valence-electron chi connectivity index (χ0n) is 15.6. The Bertz CT molecular complexity index is 1250. The largest absolute Gasteiger partial charge is 0.383 e. The lowest BCUT2D eigenvalue weighted by molar-refractivity contribution is 0.799.